The van der Waals surface area contributed by atoms with E-state index in [1.807, 2.05) is 35.0 Å². The van der Waals surface area contributed by atoms with Crippen molar-refractivity contribution in [2.75, 3.05) is 0 Å². The fourth-order valence-corrected chi connectivity index (χ4v) is 5.52. The molecule has 0 saturated heterocycles. The fourth-order valence-electron chi connectivity index (χ4n) is 5.52. The average molecular weight is 450 g/mol. The van der Waals surface area contributed by atoms with Gasteiger partial charge in [0.1, 0.15) is 0 Å². The number of benzene rings is 3. The first-order valence-electron chi connectivity index (χ1n) is 11.9. The van der Waals surface area contributed by atoms with Crippen LogP contribution >= 0.6 is 0 Å². The van der Waals surface area contributed by atoms with E-state index >= 15 is 0 Å². The van der Waals surface area contributed by atoms with Crippen LogP contribution in [0.2, 0.25) is 0 Å². The standard InChI is InChI=1S/C21H15N.C11H8N2/c1-21(2)17-9-5-3-7-13(17)15-12-20-16(11-18(15)21)14-8-4-6-10-19(14)22-20;1-2-4-11-9(3-1)5-6-10-7-8-12-13(10)11/h3-4,6-8,10-12,22H,1-2H3;1-8H. The molecule has 1 N–H and O–H groups in total. The largest absolute Gasteiger partial charge is 0.354 e. The van der Waals surface area contributed by atoms with Crippen molar-refractivity contribution in [2.45, 2.75) is 19.3 Å². The first kappa shape index (κ1) is 19.9. The zero-order valence-electron chi connectivity index (χ0n) is 19.6. The molecule has 3 aromatic heterocycles. The summed E-state index contributed by atoms with van der Waals surface area (Å²) >= 11 is 0. The van der Waals surface area contributed by atoms with E-state index in [0.717, 1.165) is 11.0 Å². The highest BCUT2D eigenvalue weighted by Crippen LogP contribution is 2.49. The molecule has 0 amide bonds. The summed E-state index contributed by atoms with van der Waals surface area (Å²) in [7, 11) is 0. The quantitative estimate of drug-likeness (QED) is 0.253. The van der Waals surface area contributed by atoms with E-state index in [-0.39, 0.29) is 5.41 Å². The zero-order chi connectivity index (χ0) is 23.6. The molecule has 7 aromatic rings. The maximum absolute atomic E-state index is 4.26. The Hall–Kier alpha value is -4.55. The van der Waals surface area contributed by atoms with E-state index in [2.05, 4.69) is 103 Å². The van der Waals surface area contributed by atoms with Crippen LogP contribution in [0.25, 0.3) is 49.4 Å². The molecule has 3 heterocycles. The van der Waals surface area contributed by atoms with Crippen LogP contribution < -0.4 is 0 Å². The molecule has 0 spiro atoms. The number of aromatic nitrogens is 3. The zero-order valence-corrected chi connectivity index (χ0v) is 19.6. The highest BCUT2D eigenvalue weighted by molar-refractivity contribution is 6.09. The van der Waals surface area contributed by atoms with Crippen LogP contribution in [0.5, 0.6) is 0 Å². The van der Waals surface area contributed by atoms with E-state index in [4.69, 9.17) is 0 Å². The number of aromatic amines is 1. The smallest absolute Gasteiger partial charge is 0.0724 e. The number of rotatable bonds is 0. The molecule has 1 aliphatic carbocycles. The minimum Gasteiger partial charge on any atom is -0.354 e. The van der Waals surface area contributed by atoms with Gasteiger partial charge < -0.3 is 4.98 Å². The lowest BCUT2D eigenvalue weighted by atomic mass is 9.82. The summed E-state index contributed by atoms with van der Waals surface area (Å²) in [5.74, 6) is 0. The minimum absolute atomic E-state index is 0.0189. The number of hydrogen-bond acceptors (Lipinski definition) is 1. The van der Waals surface area contributed by atoms with Crippen molar-refractivity contribution in [3.63, 3.8) is 0 Å². The molecule has 0 bridgehead atoms. The van der Waals surface area contributed by atoms with E-state index in [0.29, 0.717) is 0 Å². The second kappa shape index (κ2) is 7.22. The molecule has 35 heavy (non-hydrogen) atoms. The van der Waals surface area contributed by atoms with Crippen LogP contribution in [-0.2, 0) is 5.41 Å². The summed E-state index contributed by atoms with van der Waals surface area (Å²) in [6.45, 7) is 4.56. The summed E-state index contributed by atoms with van der Waals surface area (Å²) in [5, 5.41) is 8.08. The predicted octanol–water partition coefficient (Wildman–Crippen LogP) is 7.72. The molecule has 8 rings (SSSR count). The van der Waals surface area contributed by atoms with Crippen LogP contribution in [0.1, 0.15) is 25.0 Å². The van der Waals surface area contributed by atoms with Gasteiger partial charge in [0.25, 0.3) is 0 Å². The number of H-pyrrole nitrogens is 1. The normalized spacial score (nSPS) is 13.4. The van der Waals surface area contributed by atoms with Crippen LogP contribution in [0, 0.1) is 12.1 Å². The van der Waals surface area contributed by atoms with Crippen molar-refractivity contribution in [2.24, 2.45) is 0 Å². The van der Waals surface area contributed by atoms with Gasteiger partial charge in [-0.15, -0.1) is 0 Å². The molecule has 0 radical (unpaired) electrons. The van der Waals surface area contributed by atoms with Crippen molar-refractivity contribution in [3.05, 3.63) is 120 Å². The van der Waals surface area contributed by atoms with Gasteiger partial charge in [-0.2, -0.15) is 5.10 Å². The summed E-state index contributed by atoms with van der Waals surface area (Å²) in [6.07, 6.45) is 1.82. The van der Waals surface area contributed by atoms with Gasteiger partial charge >= 0.3 is 0 Å². The molecule has 0 atom stereocenters. The van der Waals surface area contributed by atoms with Gasteiger partial charge in [0, 0.05) is 38.2 Å². The van der Waals surface area contributed by atoms with Crippen LogP contribution in [0.15, 0.2) is 97.2 Å². The van der Waals surface area contributed by atoms with Crippen molar-refractivity contribution < 1.29 is 0 Å². The predicted molar refractivity (Wildman–Crippen MR) is 144 cm³/mol. The minimum atomic E-state index is -0.0189. The molecular weight excluding hydrogens is 426 g/mol. The Morgan fingerprint density at radius 1 is 0.800 bits per heavy atom. The number of hydrogen-bond donors (Lipinski definition) is 1. The molecule has 166 valence electrons. The van der Waals surface area contributed by atoms with E-state index < -0.39 is 0 Å². The van der Waals surface area contributed by atoms with Crippen LogP contribution in [0.3, 0.4) is 0 Å². The lowest BCUT2D eigenvalue weighted by Gasteiger charge is -2.19. The molecule has 3 heteroatoms. The number of para-hydroxylation sites is 2. The summed E-state index contributed by atoms with van der Waals surface area (Å²) < 4.78 is 1.95. The highest BCUT2D eigenvalue weighted by Gasteiger charge is 2.36. The number of nitrogens with zero attached hydrogens (tertiary/aromatic N) is 2. The summed E-state index contributed by atoms with van der Waals surface area (Å²) in [4.78, 5) is 3.55. The SMILES string of the molecule is CC1(C)c2c#cccc2-c2cc3[nH]c4ccccc4c3cc21.c1ccc2c(c1)ccc1ccnn12. The Bertz CT molecular complexity index is 1880. The maximum Gasteiger partial charge on any atom is 0.0724 e. The van der Waals surface area contributed by atoms with Gasteiger partial charge in [-0.1, -0.05) is 68.4 Å². The number of pyridine rings is 1. The van der Waals surface area contributed by atoms with Crippen LogP contribution in [-0.4, -0.2) is 14.6 Å². The lowest BCUT2D eigenvalue weighted by Crippen LogP contribution is -2.14. The van der Waals surface area contributed by atoms with Crippen molar-refractivity contribution in [1.82, 2.24) is 14.6 Å². The van der Waals surface area contributed by atoms with E-state index in [1.165, 1.54) is 49.4 Å². The monoisotopic (exact) mass is 449 g/mol. The molecule has 4 aromatic carbocycles. The molecule has 1 aliphatic rings. The first-order chi connectivity index (χ1) is 17.1. The Morgan fingerprint density at radius 3 is 2.60 bits per heavy atom. The third-order valence-electron chi connectivity index (χ3n) is 7.30. The van der Waals surface area contributed by atoms with Gasteiger partial charge in [0.05, 0.1) is 17.2 Å². The molecule has 3 nitrogen and oxygen atoms in total. The molecule has 0 aliphatic heterocycles. The molecule has 0 unspecified atom stereocenters. The average Bonchev–Trinajstić information content (AvgIpc) is 3.57. The Morgan fingerprint density at radius 2 is 1.66 bits per heavy atom. The Kier molecular flexibility index (Phi) is 4.10. The van der Waals surface area contributed by atoms with Crippen molar-refractivity contribution >= 4 is 38.2 Å². The molecule has 0 fully saturated rings. The topological polar surface area (TPSA) is 33.1 Å². The highest BCUT2D eigenvalue weighted by atomic mass is 15.2. The second-order valence-electron chi connectivity index (χ2n) is 9.69. The Labute approximate surface area is 203 Å². The lowest BCUT2D eigenvalue weighted by molar-refractivity contribution is 0.661. The van der Waals surface area contributed by atoms with Gasteiger partial charge in [0.2, 0.25) is 0 Å². The third kappa shape index (κ3) is 2.90. The second-order valence-corrected chi connectivity index (χ2v) is 9.69. The fraction of sp³-hybridized carbons (Fsp3) is 0.0938. The number of fused-ring (bicyclic) bond motifs is 9. The van der Waals surface area contributed by atoms with Gasteiger partial charge in [0.15, 0.2) is 0 Å². The summed E-state index contributed by atoms with van der Waals surface area (Å²) in [6, 6.07) is 38.2. The van der Waals surface area contributed by atoms with Gasteiger partial charge in [-0.25, -0.2) is 4.52 Å². The van der Waals surface area contributed by atoms with Crippen molar-refractivity contribution in [3.8, 4) is 11.1 Å². The molecule has 0 saturated carbocycles. The van der Waals surface area contributed by atoms with E-state index in [9.17, 15) is 0 Å². The van der Waals surface area contributed by atoms with Gasteiger partial charge in [-0.05, 0) is 65.2 Å². The first-order valence-corrected chi connectivity index (χ1v) is 11.9. The van der Waals surface area contributed by atoms with Crippen LogP contribution in [0.4, 0.5) is 0 Å². The Balaban J connectivity index is 0.000000137. The summed E-state index contributed by atoms with van der Waals surface area (Å²) in [5.41, 5.74) is 9.93. The van der Waals surface area contributed by atoms with Gasteiger partial charge in [-0.3, -0.25) is 0 Å². The maximum atomic E-state index is 4.26. The third-order valence-corrected chi connectivity index (χ3v) is 7.30. The van der Waals surface area contributed by atoms with E-state index in [1.54, 1.807) is 0 Å². The number of nitrogens with one attached hydrogen (secondary N) is 1. The molecular formula is C32H23N3. The van der Waals surface area contributed by atoms with Crippen molar-refractivity contribution in [1.29, 1.82) is 0 Å².